The molecular formula is C15H22O3. The van der Waals surface area contributed by atoms with Crippen molar-refractivity contribution in [3.8, 4) is 5.75 Å². The second-order valence-corrected chi connectivity index (χ2v) is 3.34. The molecule has 100 valence electrons. The highest BCUT2D eigenvalue weighted by Crippen LogP contribution is 2.13. The minimum absolute atomic E-state index is 0.0466. The van der Waals surface area contributed by atoms with Crippen molar-refractivity contribution in [1.29, 1.82) is 0 Å². The van der Waals surface area contributed by atoms with E-state index in [1.54, 1.807) is 24.3 Å². The Hall–Kier alpha value is -1.77. The Morgan fingerprint density at radius 3 is 2.22 bits per heavy atom. The second kappa shape index (κ2) is 9.28. The van der Waals surface area contributed by atoms with Crippen LogP contribution < -0.4 is 4.74 Å². The molecule has 0 radical (unpaired) electrons. The summed E-state index contributed by atoms with van der Waals surface area (Å²) in [7, 11) is 0. The summed E-state index contributed by atoms with van der Waals surface area (Å²) in [6, 6.07) is 6.99. The van der Waals surface area contributed by atoms with Gasteiger partial charge in [-0.1, -0.05) is 20.4 Å². The fourth-order valence-electron chi connectivity index (χ4n) is 1.20. The Labute approximate surface area is 109 Å². The Bertz CT molecular complexity index is 366. The summed E-state index contributed by atoms with van der Waals surface area (Å²) in [5, 5.41) is 0. The van der Waals surface area contributed by atoms with Crippen molar-refractivity contribution in [1.82, 2.24) is 0 Å². The normalized spacial score (nSPS) is 8.89. The molecule has 0 unspecified atom stereocenters. The van der Waals surface area contributed by atoms with Gasteiger partial charge in [-0.2, -0.15) is 0 Å². The summed E-state index contributed by atoms with van der Waals surface area (Å²) in [5.74, 6) is 1.34. The van der Waals surface area contributed by atoms with Crippen LogP contribution in [-0.4, -0.2) is 19.0 Å². The van der Waals surface area contributed by atoms with E-state index in [1.807, 2.05) is 20.8 Å². The molecule has 0 amide bonds. The number of hydrogen-bond acceptors (Lipinski definition) is 3. The second-order valence-electron chi connectivity index (χ2n) is 3.34. The number of carbonyl (C=O) groups excluding carboxylic acids is 1. The minimum atomic E-state index is 0.0466. The summed E-state index contributed by atoms with van der Waals surface area (Å²) in [6.07, 6.45) is 0. The van der Waals surface area contributed by atoms with E-state index >= 15 is 0 Å². The molecule has 0 aliphatic carbocycles. The number of ketones is 1. The lowest BCUT2D eigenvalue weighted by Crippen LogP contribution is -2.03. The molecule has 0 aliphatic heterocycles. The predicted molar refractivity (Wildman–Crippen MR) is 74.1 cm³/mol. The van der Waals surface area contributed by atoms with E-state index in [2.05, 4.69) is 6.58 Å². The van der Waals surface area contributed by atoms with Gasteiger partial charge in [0.2, 0.25) is 0 Å². The number of Topliss-reactive ketones (excluding diaryl/α,β-unsaturated/α-hetero) is 1. The first-order valence-corrected chi connectivity index (χ1v) is 6.18. The van der Waals surface area contributed by atoms with Crippen LogP contribution in [0.3, 0.4) is 0 Å². The molecule has 3 nitrogen and oxygen atoms in total. The van der Waals surface area contributed by atoms with E-state index in [-0.39, 0.29) is 5.78 Å². The van der Waals surface area contributed by atoms with Gasteiger partial charge in [0.05, 0.1) is 6.61 Å². The van der Waals surface area contributed by atoms with Crippen LogP contribution in [0.1, 0.15) is 38.1 Å². The summed E-state index contributed by atoms with van der Waals surface area (Å²) >= 11 is 0. The highest BCUT2D eigenvalue weighted by molar-refractivity contribution is 5.94. The molecule has 0 saturated carbocycles. The SMILES string of the molecule is C=C(COc1ccc(C(C)=O)cc1)OCC.CC. The molecule has 1 rings (SSSR count). The van der Waals surface area contributed by atoms with Gasteiger partial charge in [0, 0.05) is 5.56 Å². The van der Waals surface area contributed by atoms with E-state index in [1.165, 1.54) is 6.92 Å². The van der Waals surface area contributed by atoms with Crippen molar-refractivity contribution in [2.75, 3.05) is 13.2 Å². The quantitative estimate of drug-likeness (QED) is 0.568. The van der Waals surface area contributed by atoms with Gasteiger partial charge in [0.1, 0.15) is 18.1 Å². The Morgan fingerprint density at radius 1 is 1.22 bits per heavy atom. The zero-order valence-corrected chi connectivity index (χ0v) is 11.7. The van der Waals surface area contributed by atoms with Crippen molar-refractivity contribution in [3.05, 3.63) is 42.2 Å². The van der Waals surface area contributed by atoms with E-state index < -0.39 is 0 Å². The molecule has 0 aliphatic rings. The summed E-state index contributed by atoms with van der Waals surface area (Å²) in [5.41, 5.74) is 0.677. The lowest BCUT2D eigenvalue weighted by atomic mass is 10.1. The molecule has 0 atom stereocenters. The van der Waals surface area contributed by atoms with E-state index in [0.29, 0.717) is 30.3 Å². The average molecular weight is 250 g/mol. The first-order valence-electron chi connectivity index (χ1n) is 6.18. The van der Waals surface area contributed by atoms with Crippen molar-refractivity contribution in [3.63, 3.8) is 0 Å². The van der Waals surface area contributed by atoms with Crippen LogP contribution in [0.15, 0.2) is 36.6 Å². The van der Waals surface area contributed by atoms with Crippen LogP contribution in [0.4, 0.5) is 0 Å². The maximum absolute atomic E-state index is 11.0. The Morgan fingerprint density at radius 2 is 1.78 bits per heavy atom. The standard InChI is InChI=1S/C13H16O3.C2H6/c1-4-15-10(2)9-16-13-7-5-12(6-8-13)11(3)14;1-2/h5-8H,2,4,9H2,1,3H3;1-2H3. The van der Waals surface area contributed by atoms with Crippen molar-refractivity contribution in [2.45, 2.75) is 27.7 Å². The molecule has 1 aromatic carbocycles. The molecule has 0 N–H and O–H groups in total. The zero-order chi connectivity index (χ0) is 14.0. The average Bonchev–Trinajstić information content (AvgIpc) is 2.39. The van der Waals surface area contributed by atoms with Crippen LogP contribution in [0.2, 0.25) is 0 Å². The molecule has 0 saturated heterocycles. The Balaban J connectivity index is 0.00000137. The van der Waals surface area contributed by atoms with Gasteiger partial charge < -0.3 is 9.47 Å². The van der Waals surface area contributed by atoms with E-state index in [0.717, 1.165) is 0 Å². The third kappa shape index (κ3) is 6.09. The number of carbonyl (C=O) groups is 1. The molecular weight excluding hydrogens is 228 g/mol. The highest BCUT2D eigenvalue weighted by Gasteiger charge is 2.00. The Kier molecular flexibility index (Phi) is 8.37. The fraction of sp³-hybridized carbons (Fsp3) is 0.400. The van der Waals surface area contributed by atoms with Gasteiger partial charge in [0.15, 0.2) is 5.78 Å². The largest absolute Gasteiger partial charge is 0.495 e. The van der Waals surface area contributed by atoms with Crippen molar-refractivity contribution < 1.29 is 14.3 Å². The van der Waals surface area contributed by atoms with Gasteiger partial charge in [-0.05, 0) is 38.1 Å². The first kappa shape index (κ1) is 16.2. The monoisotopic (exact) mass is 250 g/mol. The lowest BCUT2D eigenvalue weighted by Gasteiger charge is -2.09. The maximum atomic E-state index is 11.0. The van der Waals surface area contributed by atoms with Crippen molar-refractivity contribution in [2.24, 2.45) is 0 Å². The maximum Gasteiger partial charge on any atom is 0.159 e. The number of hydrogen-bond donors (Lipinski definition) is 0. The summed E-state index contributed by atoms with van der Waals surface area (Å²) < 4.78 is 10.6. The topological polar surface area (TPSA) is 35.5 Å². The molecule has 3 heteroatoms. The number of rotatable bonds is 6. The van der Waals surface area contributed by atoms with Crippen LogP contribution in [-0.2, 0) is 4.74 Å². The summed E-state index contributed by atoms with van der Waals surface area (Å²) in [4.78, 5) is 11.0. The fourth-order valence-corrected chi connectivity index (χ4v) is 1.20. The molecule has 0 fully saturated rings. The molecule has 0 bridgehead atoms. The molecule has 0 aromatic heterocycles. The predicted octanol–water partition coefficient (Wildman–Crippen LogP) is 3.84. The highest BCUT2D eigenvalue weighted by atomic mass is 16.5. The lowest BCUT2D eigenvalue weighted by molar-refractivity contribution is 0.101. The first-order chi connectivity index (χ1) is 8.63. The molecule has 18 heavy (non-hydrogen) atoms. The van der Waals surface area contributed by atoms with Crippen LogP contribution >= 0.6 is 0 Å². The number of ether oxygens (including phenoxy) is 2. The van der Waals surface area contributed by atoms with Crippen LogP contribution in [0, 0.1) is 0 Å². The van der Waals surface area contributed by atoms with E-state index in [4.69, 9.17) is 9.47 Å². The molecule has 0 heterocycles. The summed E-state index contributed by atoms with van der Waals surface area (Å²) in [6.45, 7) is 12.0. The van der Waals surface area contributed by atoms with Crippen LogP contribution in [0.25, 0.3) is 0 Å². The number of benzene rings is 1. The van der Waals surface area contributed by atoms with Gasteiger partial charge in [-0.15, -0.1) is 0 Å². The van der Waals surface area contributed by atoms with Gasteiger partial charge in [-0.25, -0.2) is 0 Å². The van der Waals surface area contributed by atoms with Crippen molar-refractivity contribution >= 4 is 5.78 Å². The van der Waals surface area contributed by atoms with Gasteiger partial charge in [0.25, 0.3) is 0 Å². The molecule has 1 aromatic rings. The smallest absolute Gasteiger partial charge is 0.159 e. The third-order valence-corrected chi connectivity index (χ3v) is 2.01. The molecule has 0 spiro atoms. The van der Waals surface area contributed by atoms with Gasteiger partial charge >= 0.3 is 0 Å². The third-order valence-electron chi connectivity index (χ3n) is 2.01. The van der Waals surface area contributed by atoms with Crippen LogP contribution in [0.5, 0.6) is 5.75 Å². The van der Waals surface area contributed by atoms with Gasteiger partial charge in [-0.3, -0.25) is 4.79 Å². The zero-order valence-electron chi connectivity index (χ0n) is 11.7. The van der Waals surface area contributed by atoms with E-state index in [9.17, 15) is 4.79 Å². The minimum Gasteiger partial charge on any atom is -0.495 e.